The normalized spacial score (nSPS) is 32.2. The number of guanidine groups is 1. The minimum atomic E-state index is 0.499. The molecular weight excluding hydrogens is 290 g/mol. The maximum atomic E-state index is 6.04. The second-order valence-electron chi connectivity index (χ2n) is 6.64. The number of nitrogens with one attached hydrogen (secondary N) is 2. The van der Waals surface area contributed by atoms with Crippen LogP contribution in [0.15, 0.2) is 29.4 Å². The van der Waals surface area contributed by atoms with Crippen LogP contribution in [0.4, 0.5) is 5.82 Å². The lowest BCUT2D eigenvalue weighted by molar-refractivity contribution is 0.0767. The number of likely N-dealkylation sites (tertiary alicyclic amines) is 1. The number of ether oxygens (including phenoxy) is 1. The topological polar surface area (TPSA) is 61.8 Å². The standard InChI is InChI=1S/C17H25N5O/c1-18-17(21-9-8-20-16-4-2-3-7-19-16)22-10-12-13(11-22)15-6-5-14(12)23-15/h2-4,7,12-15H,5-6,8-11H2,1H3,(H,18,21)(H,19,20). The molecule has 4 rings (SSSR count). The fraction of sp³-hybridized carbons (Fsp3) is 0.647. The van der Waals surface area contributed by atoms with E-state index in [0.717, 1.165) is 38.0 Å². The van der Waals surface area contributed by atoms with Crippen LogP contribution >= 0.6 is 0 Å². The van der Waals surface area contributed by atoms with Crippen molar-refractivity contribution in [2.75, 3.05) is 38.5 Å². The third-order valence-corrected chi connectivity index (χ3v) is 5.34. The van der Waals surface area contributed by atoms with Crippen molar-refractivity contribution >= 4 is 11.8 Å². The van der Waals surface area contributed by atoms with Crippen LogP contribution in [0.25, 0.3) is 0 Å². The molecule has 1 aromatic rings. The van der Waals surface area contributed by atoms with E-state index in [1.165, 1.54) is 12.8 Å². The molecule has 1 aromatic heterocycles. The van der Waals surface area contributed by atoms with Crippen molar-refractivity contribution in [3.63, 3.8) is 0 Å². The highest BCUT2D eigenvalue weighted by Gasteiger charge is 2.53. The Morgan fingerprint density at radius 1 is 1.26 bits per heavy atom. The molecule has 0 radical (unpaired) electrons. The molecule has 0 amide bonds. The molecule has 2 N–H and O–H groups in total. The Hall–Kier alpha value is -1.82. The predicted octanol–water partition coefficient (Wildman–Crippen LogP) is 1.18. The van der Waals surface area contributed by atoms with Crippen molar-refractivity contribution in [1.29, 1.82) is 0 Å². The third kappa shape index (κ3) is 2.87. The van der Waals surface area contributed by atoms with E-state index in [2.05, 4.69) is 25.5 Å². The summed E-state index contributed by atoms with van der Waals surface area (Å²) in [7, 11) is 1.87. The van der Waals surface area contributed by atoms with Crippen molar-refractivity contribution in [1.82, 2.24) is 15.2 Å². The number of hydrogen-bond donors (Lipinski definition) is 2. The zero-order chi connectivity index (χ0) is 15.6. The molecule has 0 saturated carbocycles. The van der Waals surface area contributed by atoms with Crippen LogP contribution in [-0.4, -0.2) is 61.3 Å². The molecule has 0 aliphatic carbocycles. The number of aromatic nitrogens is 1. The van der Waals surface area contributed by atoms with Gasteiger partial charge in [0, 0.05) is 51.3 Å². The van der Waals surface area contributed by atoms with Crippen LogP contribution < -0.4 is 10.6 Å². The monoisotopic (exact) mass is 315 g/mol. The van der Waals surface area contributed by atoms with Gasteiger partial charge in [-0.05, 0) is 25.0 Å². The van der Waals surface area contributed by atoms with E-state index >= 15 is 0 Å². The number of nitrogens with zero attached hydrogens (tertiary/aromatic N) is 3. The molecule has 3 aliphatic heterocycles. The second-order valence-corrected chi connectivity index (χ2v) is 6.64. The van der Waals surface area contributed by atoms with E-state index < -0.39 is 0 Å². The minimum absolute atomic E-state index is 0.499. The summed E-state index contributed by atoms with van der Waals surface area (Å²) in [6, 6.07) is 5.89. The lowest BCUT2D eigenvalue weighted by Gasteiger charge is -2.23. The van der Waals surface area contributed by atoms with E-state index in [9.17, 15) is 0 Å². The van der Waals surface area contributed by atoms with Gasteiger partial charge in [0.25, 0.3) is 0 Å². The van der Waals surface area contributed by atoms with Gasteiger partial charge in [0.05, 0.1) is 12.2 Å². The quantitative estimate of drug-likeness (QED) is 0.496. The van der Waals surface area contributed by atoms with Crippen molar-refractivity contribution in [3.05, 3.63) is 24.4 Å². The lowest BCUT2D eigenvalue weighted by atomic mass is 9.82. The summed E-state index contributed by atoms with van der Waals surface area (Å²) in [5.74, 6) is 3.34. The Bertz CT molecular complexity index is 545. The molecule has 0 spiro atoms. The summed E-state index contributed by atoms with van der Waals surface area (Å²) in [6.07, 6.45) is 5.30. The van der Waals surface area contributed by atoms with Crippen LogP contribution in [-0.2, 0) is 4.74 Å². The van der Waals surface area contributed by atoms with Crippen LogP contribution in [0.2, 0.25) is 0 Å². The molecule has 6 nitrogen and oxygen atoms in total. The maximum Gasteiger partial charge on any atom is 0.193 e. The summed E-state index contributed by atoms with van der Waals surface area (Å²) in [5.41, 5.74) is 0. The number of rotatable bonds is 4. The van der Waals surface area contributed by atoms with Crippen LogP contribution in [0, 0.1) is 11.8 Å². The Morgan fingerprint density at radius 3 is 2.70 bits per heavy atom. The van der Waals surface area contributed by atoms with Gasteiger partial charge in [-0.3, -0.25) is 4.99 Å². The fourth-order valence-corrected chi connectivity index (χ4v) is 4.30. The first-order chi connectivity index (χ1) is 11.3. The summed E-state index contributed by atoms with van der Waals surface area (Å²) in [6.45, 7) is 3.82. The van der Waals surface area contributed by atoms with E-state index in [4.69, 9.17) is 4.74 Å². The highest BCUT2D eigenvalue weighted by molar-refractivity contribution is 5.80. The summed E-state index contributed by atoms with van der Waals surface area (Å²) < 4.78 is 6.04. The van der Waals surface area contributed by atoms with Gasteiger partial charge in [-0.15, -0.1) is 0 Å². The largest absolute Gasteiger partial charge is 0.374 e. The molecule has 4 heterocycles. The summed E-state index contributed by atoms with van der Waals surface area (Å²) >= 11 is 0. The van der Waals surface area contributed by atoms with Gasteiger partial charge in [0.2, 0.25) is 0 Å². The van der Waals surface area contributed by atoms with Gasteiger partial charge in [0.15, 0.2) is 5.96 Å². The van der Waals surface area contributed by atoms with Crippen molar-refractivity contribution < 1.29 is 4.74 Å². The lowest BCUT2D eigenvalue weighted by Crippen LogP contribution is -2.42. The van der Waals surface area contributed by atoms with Gasteiger partial charge < -0.3 is 20.3 Å². The molecule has 3 fully saturated rings. The summed E-state index contributed by atoms with van der Waals surface area (Å²) in [5, 5.41) is 6.78. The zero-order valence-electron chi connectivity index (χ0n) is 13.6. The number of aliphatic imine (C=N–C) groups is 1. The van der Waals surface area contributed by atoms with Crippen LogP contribution in [0.1, 0.15) is 12.8 Å². The Kier molecular flexibility index (Phi) is 4.08. The zero-order valence-corrected chi connectivity index (χ0v) is 13.6. The van der Waals surface area contributed by atoms with Crippen LogP contribution in [0.3, 0.4) is 0 Å². The molecular formula is C17H25N5O. The van der Waals surface area contributed by atoms with Gasteiger partial charge in [-0.1, -0.05) is 6.07 Å². The molecule has 6 heteroatoms. The number of pyridine rings is 1. The average molecular weight is 315 g/mol. The van der Waals surface area contributed by atoms with Gasteiger partial charge in [0.1, 0.15) is 5.82 Å². The van der Waals surface area contributed by atoms with E-state index in [1.807, 2.05) is 25.2 Å². The first-order valence-electron chi connectivity index (χ1n) is 8.61. The van der Waals surface area contributed by atoms with E-state index in [0.29, 0.717) is 24.0 Å². The molecule has 4 atom stereocenters. The molecule has 3 aliphatic rings. The molecule has 3 saturated heterocycles. The smallest absolute Gasteiger partial charge is 0.193 e. The number of anilines is 1. The number of fused-ring (bicyclic) bond motifs is 5. The fourth-order valence-electron chi connectivity index (χ4n) is 4.30. The van der Waals surface area contributed by atoms with Crippen molar-refractivity contribution in [3.8, 4) is 0 Å². The van der Waals surface area contributed by atoms with Crippen molar-refractivity contribution in [2.24, 2.45) is 16.8 Å². The first-order valence-corrected chi connectivity index (χ1v) is 8.61. The Balaban J connectivity index is 1.25. The molecule has 124 valence electrons. The highest BCUT2D eigenvalue weighted by Crippen LogP contribution is 2.47. The van der Waals surface area contributed by atoms with E-state index in [1.54, 1.807) is 6.20 Å². The molecule has 23 heavy (non-hydrogen) atoms. The first kappa shape index (κ1) is 14.8. The van der Waals surface area contributed by atoms with Crippen LogP contribution in [0.5, 0.6) is 0 Å². The van der Waals surface area contributed by atoms with Crippen molar-refractivity contribution in [2.45, 2.75) is 25.0 Å². The second kappa shape index (κ2) is 6.35. The molecule has 2 bridgehead atoms. The van der Waals surface area contributed by atoms with Gasteiger partial charge in [-0.25, -0.2) is 4.98 Å². The molecule has 4 unspecified atom stereocenters. The van der Waals surface area contributed by atoms with Gasteiger partial charge >= 0.3 is 0 Å². The summed E-state index contributed by atoms with van der Waals surface area (Å²) in [4.78, 5) is 11.1. The maximum absolute atomic E-state index is 6.04. The number of hydrogen-bond acceptors (Lipinski definition) is 4. The molecule has 0 aromatic carbocycles. The Labute approximate surface area is 137 Å². The Morgan fingerprint density at radius 2 is 2.04 bits per heavy atom. The van der Waals surface area contributed by atoms with Gasteiger partial charge in [-0.2, -0.15) is 0 Å². The SMILES string of the molecule is CN=C(NCCNc1ccccn1)N1CC2C3CCC(O3)C2C1. The highest BCUT2D eigenvalue weighted by atomic mass is 16.5. The van der Waals surface area contributed by atoms with E-state index in [-0.39, 0.29) is 0 Å². The third-order valence-electron chi connectivity index (χ3n) is 5.34. The average Bonchev–Trinajstić information content (AvgIpc) is 3.29. The predicted molar refractivity (Wildman–Crippen MR) is 90.5 cm³/mol. The minimum Gasteiger partial charge on any atom is -0.374 e.